The van der Waals surface area contributed by atoms with E-state index in [4.69, 9.17) is 9.52 Å². The van der Waals surface area contributed by atoms with Crippen LogP contribution in [-0.2, 0) is 11.2 Å². The van der Waals surface area contributed by atoms with Gasteiger partial charge in [-0.1, -0.05) is 45.4 Å². The first-order chi connectivity index (χ1) is 14.5. The number of benzene rings is 1. The van der Waals surface area contributed by atoms with E-state index in [2.05, 4.69) is 22.1 Å². The van der Waals surface area contributed by atoms with E-state index in [1.54, 1.807) is 0 Å². The minimum Gasteiger partial charge on any atom is -0.480 e. The normalized spacial score (nSPS) is 15.4. The van der Waals surface area contributed by atoms with E-state index in [0.717, 1.165) is 36.9 Å². The second kappa shape index (κ2) is 10.5. The first-order valence-electron chi connectivity index (χ1n) is 10.1. The second-order valence-electron chi connectivity index (χ2n) is 7.19. The largest absolute Gasteiger partial charge is 0.480 e. The zero-order valence-electron chi connectivity index (χ0n) is 16.8. The molecule has 9 heteroatoms. The number of carbonyl (C=O) groups is 2. The number of aliphatic imine (C=N–C) groups is 1. The van der Waals surface area contributed by atoms with Crippen molar-refractivity contribution in [3.63, 3.8) is 0 Å². The number of fused-ring (bicyclic) bond motifs is 1. The maximum atomic E-state index is 14.5. The molecule has 1 unspecified atom stereocenters. The Kier molecular flexibility index (Phi) is 7.73. The van der Waals surface area contributed by atoms with Crippen molar-refractivity contribution in [3.8, 4) is 0 Å². The van der Waals surface area contributed by atoms with Crippen LogP contribution in [0.25, 0.3) is 0 Å². The molecule has 2 heterocycles. The molecule has 0 fully saturated rings. The van der Waals surface area contributed by atoms with Gasteiger partial charge in [-0.3, -0.25) is 14.6 Å². The van der Waals surface area contributed by atoms with E-state index in [-0.39, 0.29) is 21.4 Å². The molecule has 1 aliphatic rings. The Balaban J connectivity index is 1.58. The molecule has 1 aliphatic heterocycles. The first kappa shape index (κ1) is 22.1. The lowest BCUT2D eigenvalue weighted by Gasteiger charge is -2.15. The van der Waals surface area contributed by atoms with Gasteiger partial charge in [0.15, 0.2) is 11.7 Å². The number of carboxylic acids is 1. The minimum absolute atomic E-state index is 0.0445. The summed E-state index contributed by atoms with van der Waals surface area (Å²) in [6, 6.07) is 2.41. The molecule has 0 bridgehead atoms. The monoisotopic (exact) mass is 433 g/mol. The molecule has 2 aromatic rings. The molecule has 160 valence electrons. The Labute approximate surface area is 178 Å². The van der Waals surface area contributed by atoms with Crippen molar-refractivity contribution < 1.29 is 23.5 Å². The average Bonchev–Trinajstić information content (AvgIpc) is 3.16. The summed E-state index contributed by atoms with van der Waals surface area (Å²) in [5.74, 6) is -3.53. The molecule has 0 saturated carbocycles. The Morgan fingerprint density at radius 1 is 1.17 bits per heavy atom. The van der Waals surface area contributed by atoms with Crippen LogP contribution in [0.1, 0.15) is 68.1 Å². The van der Waals surface area contributed by atoms with Crippen molar-refractivity contribution in [2.45, 2.75) is 68.4 Å². The van der Waals surface area contributed by atoms with Gasteiger partial charge in [0, 0.05) is 18.2 Å². The van der Waals surface area contributed by atoms with Crippen molar-refractivity contribution in [2.24, 2.45) is 10.9 Å². The lowest BCUT2D eigenvalue weighted by atomic mass is 9.95. The Morgan fingerprint density at radius 3 is 2.63 bits per heavy atom. The highest BCUT2D eigenvalue weighted by molar-refractivity contribution is 7.99. The quantitative estimate of drug-likeness (QED) is 0.381. The highest BCUT2D eigenvalue weighted by atomic mass is 32.2. The molecule has 1 N–H and O–H groups in total. The number of carbonyl (C=O) groups excluding carboxylic acids is 1. The van der Waals surface area contributed by atoms with Crippen LogP contribution in [0.3, 0.4) is 0 Å². The molecule has 1 aromatic carbocycles. The Hall–Kier alpha value is -2.55. The van der Waals surface area contributed by atoms with Crippen molar-refractivity contribution in [1.29, 1.82) is 0 Å². The van der Waals surface area contributed by atoms with Gasteiger partial charge in [0.25, 0.3) is 5.22 Å². The van der Waals surface area contributed by atoms with Crippen LogP contribution in [-0.4, -0.2) is 33.3 Å². The average molecular weight is 434 g/mol. The van der Waals surface area contributed by atoms with E-state index in [9.17, 15) is 14.0 Å². The van der Waals surface area contributed by atoms with Gasteiger partial charge >= 0.3 is 5.97 Å². The summed E-state index contributed by atoms with van der Waals surface area (Å²) in [7, 11) is 0. The fourth-order valence-corrected chi connectivity index (χ4v) is 3.93. The number of halogens is 1. The lowest BCUT2D eigenvalue weighted by Crippen LogP contribution is -2.27. The van der Waals surface area contributed by atoms with Crippen molar-refractivity contribution >= 4 is 35.4 Å². The number of hydrogen-bond acceptors (Lipinski definition) is 7. The summed E-state index contributed by atoms with van der Waals surface area (Å²) >= 11 is 0.952. The third kappa shape index (κ3) is 5.53. The molecule has 3 rings (SSSR count). The van der Waals surface area contributed by atoms with Gasteiger partial charge in [0.05, 0.1) is 10.6 Å². The number of ketones is 1. The van der Waals surface area contributed by atoms with Crippen LogP contribution >= 0.6 is 11.8 Å². The smallest absolute Gasteiger partial charge is 0.319 e. The third-order valence-corrected chi connectivity index (χ3v) is 5.74. The van der Waals surface area contributed by atoms with Crippen LogP contribution in [0.2, 0.25) is 0 Å². The third-order valence-electron chi connectivity index (χ3n) is 4.87. The summed E-state index contributed by atoms with van der Waals surface area (Å²) < 4.78 is 20.1. The zero-order chi connectivity index (χ0) is 21.5. The van der Waals surface area contributed by atoms with Gasteiger partial charge in [0.2, 0.25) is 5.89 Å². The standard InChI is InChI=1S/C21H24FN3O4S/c1-2-3-4-5-6-7-8-9-18-24-25-21(29-18)30-17-11-16-13(10-15(17)22)19(26)14(12-23-16)20(27)28/h10-12,14H,2-9H2,1H3,(H,27,28). The number of hydrogen-bond donors (Lipinski definition) is 1. The molecule has 0 aliphatic carbocycles. The maximum Gasteiger partial charge on any atom is 0.319 e. The summed E-state index contributed by atoms with van der Waals surface area (Å²) in [6.07, 6.45) is 10.0. The molecular weight excluding hydrogens is 409 g/mol. The van der Waals surface area contributed by atoms with E-state index in [0.29, 0.717) is 12.3 Å². The van der Waals surface area contributed by atoms with E-state index in [1.165, 1.54) is 38.2 Å². The van der Waals surface area contributed by atoms with E-state index < -0.39 is 23.5 Å². The van der Waals surface area contributed by atoms with Crippen LogP contribution in [0.4, 0.5) is 10.1 Å². The molecular formula is C21H24FN3O4S. The number of nitrogens with zero attached hydrogens (tertiary/aromatic N) is 3. The van der Waals surface area contributed by atoms with Gasteiger partial charge in [-0.05, 0) is 30.3 Å². The fraction of sp³-hybridized carbons (Fsp3) is 0.476. The molecule has 0 amide bonds. The lowest BCUT2D eigenvalue weighted by molar-refractivity contribution is -0.137. The highest BCUT2D eigenvalue weighted by Gasteiger charge is 2.31. The number of rotatable bonds is 11. The van der Waals surface area contributed by atoms with Gasteiger partial charge in [-0.15, -0.1) is 10.2 Å². The minimum atomic E-state index is -1.39. The van der Waals surface area contributed by atoms with Crippen molar-refractivity contribution in [1.82, 2.24) is 10.2 Å². The number of carboxylic acid groups (broad SMARTS) is 1. The Bertz CT molecular complexity index is 944. The summed E-state index contributed by atoms with van der Waals surface area (Å²) in [4.78, 5) is 27.5. The summed E-state index contributed by atoms with van der Waals surface area (Å²) in [5.41, 5.74) is 0.182. The van der Waals surface area contributed by atoms with Crippen LogP contribution < -0.4 is 0 Å². The zero-order valence-corrected chi connectivity index (χ0v) is 17.6. The van der Waals surface area contributed by atoms with E-state index >= 15 is 0 Å². The SMILES string of the molecule is CCCCCCCCCc1nnc(Sc2cc3c(cc2F)C(=O)C(C(=O)O)C=N3)o1. The summed E-state index contributed by atoms with van der Waals surface area (Å²) in [6.45, 7) is 2.20. The topological polar surface area (TPSA) is 106 Å². The van der Waals surface area contributed by atoms with Crippen LogP contribution in [0.15, 0.2) is 31.7 Å². The summed E-state index contributed by atoms with van der Waals surface area (Å²) in [5, 5.41) is 17.2. The van der Waals surface area contributed by atoms with Gasteiger partial charge in [0.1, 0.15) is 5.82 Å². The molecule has 30 heavy (non-hydrogen) atoms. The fourth-order valence-electron chi connectivity index (χ4n) is 3.20. The van der Waals surface area contributed by atoms with Gasteiger partial charge < -0.3 is 9.52 Å². The number of Topliss-reactive ketones (excluding diaryl/α,β-unsaturated/α-hetero) is 1. The molecule has 0 radical (unpaired) electrons. The predicted octanol–water partition coefficient (Wildman–Crippen LogP) is 5.25. The van der Waals surface area contributed by atoms with Gasteiger partial charge in [-0.2, -0.15) is 0 Å². The molecule has 1 aromatic heterocycles. The van der Waals surface area contributed by atoms with Crippen molar-refractivity contribution in [2.75, 3.05) is 0 Å². The molecule has 0 saturated heterocycles. The second-order valence-corrected chi connectivity index (χ2v) is 8.19. The molecule has 0 spiro atoms. The highest BCUT2D eigenvalue weighted by Crippen LogP contribution is 2.36. The predicted molar refractivity (Wildman–Crippen MR) is 110 cm³/mol. The number of aliphatic carboxylic acids is 1. The Morgan fingerprint density at radius 2 is 1.90 bits per heavy atom. The number of aryl methyl sites for hydroxylation is 1. The molecule has 1 atom stereocenters. The van der Waals surface area contributed by atoms with E-state index in [1.807, 2.05) is 0 Å². The maximum absolute atomic E-state index is 14.5. The van der Waals surface area contributed by atoms with Crippen LogP contribution in [0.5, 0.6) is 0 Å². The first-order valence-corrected chi connectivity index (χ1v) is 11.0. The number of aromatic nitrogens is 2. The molecule has 7 nitrogen and oxygen atoms in total. The van der Waals surface area contributed by atoms with Crippen molar-refractivity contribution in [3.05, 3.63) is 29.4 Å². The number of unbranched alkanes of at least 4 members (excludes halogenated alkanes) is 6. The van der Waals surface area contributed by atoms with Crippen LogP contribution in [0, 0.1) is 11.7 Å². The van der Waals surface area contributed by atoms with Gasteiger partial charge in [-0.25, -0.2) is 4.39 Å².